The number of rotatable bonds is 5. The molecule has 0 spiro atoms. The van der Waals surface area contributed by atoms with Crippen molar-refractivity contribution >= 4 is 23.3 Å². The normalized spacial score (nSPS) is 13.9. The Balaban J connectivity index is 1.52. The van der Waals surface area contributed by atoms with Gasteiger partial charge in [-0.2, -0.15) is 5.26 Å². The van der Waals surface area contributed by atoms with Gasteiger partial charge in [0.05, 0.1) is 6.04 Å². The minimum atomic E-state index is 0.101. The van der Waals surface area contributed by atoms with Crippen LogP contribution in [-0.4, -0.2) is 47.0 Å². The van der Waals surface area contributed by atoms with Crippen molar-refractivity contribution in [3.8, 4) is 6.07 Å². The lowest BCUT2D eigenvalue weighted by Gasteiger charge is -2.44. The van der Waals surface area contributed by atoms with Gasteiger partial charge in [0.15, 0.2) is 11.5 Å². The smallest absolute Gasteiger partial charge is 0.223 e. The van der Waals surface area contributed by atoms with E-state index in [1.54, 1.807) is 11.1 Å². The van der Waals surface area contributed by atoms with E-state index in [1.807, 2.05) is 42.3 Å². The lowest BCUT2D eigenvalue weighted by atomic mass is 10.1. The number of nitrogens with zero attached hydrogens (tertiary/aromatic N) is 5. The quantitative estimate of drug-likeness (QED) is 0.822. The highest BCUT2D eigenvalue weighted by Crippen LogP contribution is 2.23. The van der Waals surface area contributed by atoms with Crippen LogP contribution in [0, 0.1) is 11.3 Å². The lowest BCUT2D eigenvalue weighted by molar-refractivity contribution is -0.132. The predicted molar refractivity (Wildman–Crippen MR) is 95.3 cm³/mol. The molecule has 128 valence electrons. The fraction of sp³-hybridized carbons (Fsp3) is 0.333. The van der Waals surface area contributed by atoms with Crippen molar-refractivity contribution in [1.82, 2.24) is 14.9 Å². The zero-order valence-electron chi connectivity index (χ0n) is 13.9. The first-order valence-electron chi connectivity index (χ1n) is 8.04. The molecule has 0 saturated carbocycles. The number of carbonyl (C=O) groups is 1. The van der Waals surface area contributed by atoms with E-state index in [4.69, 9.17) is 16.9 Å². The van der Waals surface area contributed by atoms with Gasteiger partial charge in [0.1, 0.15) is 6.07 Å². The van der Waals surface area contributed by atoms with Gasteiger partial charge in [0.25, 0.3) is 0 Å². The molecule has 0 atom stereocenters. The van der Waals surface area contributed by atoms with Crippen LogP contribution in [0.25, 0.3) is 0 Å². The second kappa shape index (κ2) is 7.49. The number of halogens is 1. The first-order valence-corrected chi connectivity index (χ1v) is 8.42. The van der Waals surface area contributed by atoms with Crippen molar-refractivity contribution in [3.63, 3.8) is 0 Å². The van der Waals surface area contributed by atoms with Crippen molar-refractivity contribution in [2.75, 3.05) is 25.0 Å². The van der Waals surface area contributed by atoms with E-state index in [9.17, 15) is 4.79 Å². The van der Waals surface area contributed by atoms with Crippen molar-refractivity contribution in [2.45, 2.75) is 18.9 Å². The zero-order valence-corrected chi connectivity index (χ0v) is 14.6. The summed E-state index contributed by atoms with van der Waals surface area (Å²) in [4.78, 5) is 24.4. The number of likely N-dealkylation sites (N-methyl/N-ethyl adjacent to an activating group) is 1. The molecule has 2 heterocycles. The molecule has 1 saturated heterocycles. The highest BCUT2D eigenvalue weighted by Gasteiger charge is 2.34. The van der Waals surface area contributed by atoms with Gasteiger partial charge < -0.3 is 9.80 Å². The molecule has 0 N–H and O–H groups in total. The van der Waals surface area contributed by atoms with Gasteiger partial charge in [-0.25, -0.2) is 9.97 Å². The molecule has 6 nitrogen and oxygen atoms in total. The molecule has 1 fully saturated rings. The Hall–Kier alpha value is -2.65. The minimum absolute atomic E-state index is 0.101. The fourth-order valence-corrected chi connectivity index (χ4v) is 3.05. The molecule has 1 aromatic carbocycles. The Morgan fingerprint density at radius 3 is 2.88 bits per heavy atom. The number of amides is 1. The number of aromatic nitrogens is 2. The van der Waals surface area contributed by atoms with Crippen LogP contribution in [0.4, 0.5) is 5.82 Å². The molecule has 3 rings (SSSR count). The molecule has 1 aliphatic rings. The van der Waals surface area contributed by atoms with Crippen LogP contribution in [0.1, 0.15) is 17.7 Å². The van der Waals surface area contributed by atoms with Crippen molar-refractivity contribution < 1.29 is 4.79 Å². The van der Waals surface area contributed by atoms with Gasteiger partial charge in [0.2, 0.25) is 5.91 Å². The van der Waals surface area contributed by atoms with Gasteiger partial charge in [0, 0.05) is 44.0 Å². The number of benzene rings is 1. The maximum absolute atomic E-state index is 12.4. The third kappa shape index (κ3) is 3.89. The summed E-state index contributed by atoms with van der Waals surface area (Å²) in [5.41, 5.74) is 1.37. The van der Waals surface area contributed by atoms with Crippen LogP contribution >= 0.6 is 11.6 Å². The minimum Gasteiger partial charge on any atom is -0.350 e. The standard InChI is InChI=1S/C18H18ClN5O/c1-23(17(25)6-5-13-3-2-4-14(19)9-13)15-11-24(12-15)18-16(10-20)21-7-8-22-18/h2-4,7-9,15H,5-6,11-12H2,1H3. The van der Waals surface area contributed by atoms with E-state index in [-0.39, 0.29) is 11.9 Å². The highest BCUT2D eigenvalue weighted by atomic mass is 35.5. The van der Waals surface area contributed by atoms with Gasteiger partial charge in [-0.05, 0) is 24.1 Å². The molecule has 1 amide bonds. The average Bonchev–Trinajstić information content (AvgIpc) is 2.58. The molecular formula is C18H18ClN5O. The van der Waals surface area contributed by atoms with Crippen LogP contribution in [0.3, 0.4) is 0 Å². The van der Waals surface area contributed by atoms with E-state index < -0.39 is 0 Å². The number of anilines is 1. The Morgan fingerprint density at radius 1 is 1.40 bits per heavy atom. The van der Waals surface area contributed by atoms with Crippen LogP contribution in [-0.2, 0) is 11.2 Å². The SMILES string of the molecule is CN(C(=O)CCc1cccc(Cl)c1)C1CN(c2nccnc2C#N)C1. The first kappa shape index (κ1) is 17.2. The maximum atomic E-state index is 12.4. The zero-order chi connectivity index (χ0) is 17.8. The monoisotopic (exact) mass is 355 g/mol. The van der Waals surface area contributed by atoms with Gasteiger partial charge in [-0.3, -0.25) is 4.79 Å². The van der Waals surface area contributed by atoms with Crippen LogP contribution < -0.4 is 4.90 Å². The predicted octanol–water partition coefficient (Wildman–Crippen LogP) is 2.28. The number of hydrogen-bond acceptors (Lipinski definition) is 5. The Labute approximate surface area is 151 Å². The number of nitriles is 1. The van der Waals surface area contributed by atoms with Crippen molar-refractivity contribution in [3.05, 3.63) is 52.9 Å². The average molecular weight is 356 g/mol. The van der Waals surface area contributed by atoms with Crippen LogP contribution in [0.15, 0.2) is 36.7 Å². The molecule has 2 aromatic rings. The first-order chi connectivity index (χ1) is 12.1. The summed E-state index contributed by atoms with van der Waals surface area (Å²) in [6.07, 6.45) is 4.19. The van der Waals surface area contributed by atoms with E-state index in [1.165, 1.54) is 6.20 Å². The summed E-state index contributed by atoms with van der Waals surface area (Å²) in [7, 11) is 1.82. The Kier molecular flexibility index (Phi) is 5.15. The molecule has 0 bridgehead atoms. The van der Waals surface area contributed by atoms with Crippen LogP contribution in [0.2, 0.25) is 5.02 Å². The summed E-state index contributed by atoms with van der Waals surface area (Å²) in [6, 6.07) is 9.75. The van der Waals surface area contributed by atoms with E-state index >= 15 is 0 Å². The molecule has 0 radical (unpaired) electrons. The lowest BCUT2D eigenvalue weighted by Crippen LogP contribution is -2.60. The summed E-state index contributed by atoms with van der Waals surface area (Å²) < 4.78 is 0. The summed E-state index contributed by atoms with van der Waals surface area (Å²) in [5, 5.41) is 9.78. The number of aryl methyl sites for hydroxylation is 1. The third-order valence-electron chi connectivity index (χ3n) is 4.40. The molecule has 7 heteroatoms. The van der Waals surface area contributed by atoms with Crippen molar-refractivity contribution in [2.24, 2.45) is 0 Å². The van der Waals surface area contributed by atoms with E-state index in [0.717, 1.165) is 5.56 Å². The van der Waals surface area contributed by atoms with E-state index in [0.29, 0.717) is 42.5 Å². The Bertz CT molecular complexity index is 813. The summed E-state index contributed by atoms with van der Waals surface area (Å²) in [5.74, 6) is 0.685. The van der Waals surface area contributed by atoms with Crippen LogP contribution in [0.5, 0.6) is 0 Å². The summed E-state index contributed by atoms with van der Waals surface area (Å²) in [6.45, 7) is 1.32. The third-order valence-corrected chi connectivity index (χ3v) is 4.64. The molecule has 1 aliphatic heterocycles. The summed E-state index contributed by atoms with van der Waals surface area (Å²) >= 11 is 5.97. The van der Waals surface area contributed by atoms with Crippen molar-refractivity contribution in [1.29, 1.82) is 5.26 Å². The largest absolute Gasteiger partial charge is 0.350 e. The number of hydrogen-bond donors (Lipinski definition) is 0. The Morgan fingerprint density at radius 2 is 2.16 bits per heavy atom. The maximum Gasteiger partial charge on any atom is 0.223 e. The molecule has 0 aliphatic carbocycles. The molecule has 0 unspecified atom stereocenters. The second-order valence-corrected chi connectivity index (χ2v) is 6.47. The van der Waals surface area contributed by atoms with E-state index in [2.05, 4.69) is 9.97 Å². The second-order valence-electron chi connectivity index (χ2n) is 6.03. The molecular weight excluding hydrogens is 338 g/mol. The van der Waals surface area contributed by atoms with Gasteiger partial charge >= 0.3 is 0 Å². The topological polar surface area (TPSA) is 73.1 Å². The number of carbonyl (C=O) groups excluding carboxylic acids is 1. The fourth-order valence-electron chi connectivity index (χ4n) is 2.84. The molecule has 1 aromatic heterocycles. The van der Waals surface area contributed by atoms with Gasteiger partial charge in [-0.1, -0.05) is 23.7 Å². The van der Waals surface area contributed by atoms with Gasteiger partial charge in [-0.15, -0.1) is 0 Å². The molecule has 25 heavy (non-hydrogen) atoms. The highest BCUT2D eigenvalue weighted by molar-refractivity contribution is 6.30.